The Bertz CT molecular complexity index is 2310. The van der Waals surface area contributed by atoms with Gasteiger partial charge in [-0.25, -0.2) is 0 Å². The van der Waals surface area contributed by atoms with Gasteiger partial charge in [0, 0.05) is 22.6 Å². The highest BCUT2D eigenvalue weighted by atomic mass is 16.5. The first-order valence-electron chi connectivity index (χ1n) is 15.6. The van der Waals surface area contributed by atoms with Gasteiger partial charge in [0.25, 0.3) is 0 Å². The molecular weight excluding hydrogens is 548 g/mol. The molecule has 7 aromatic rings. The Morgan fingerprint density at radius 3 is 2.18 bits per heavy atom. The molecule has 7 aromatic carbocycles. The summed E-state index contributed by atoms with van der Waals surface area (Å²) in [7, 11) is 0. The third-order valence-electron chi connectivity index (χ3n) is 9.68. The van der Waals surface area contributed by atoms with Crippen LogP contribution in [-0.2, 0) is 5.41 Å². The highest BCUT2D eigenvalue weighted by Crippen LogP contribution is 2.61. The van der Waals surface area contributed by atoms with E-state index in [-0.39, 0.29) is 5.41 Å². The summed E-state index contributed by atoms with van der Waals surface area (Å²) in [6.07, 6.45) is 0. The zero-order valence-corrected chi connectivity index (χ0v) is 25.6. The first kappa shape index (κ1) is 25.9. The molecular formula is C42H32N2O. The molecule has 0 saturated heterocycles. The summed E-state index contributed by atoms with van der Waals surface area (Å²) in [4.78, 5) is 4.84. The number of anilines is 6. The van der Waals surface area contributed by atoms with E-state index in [1.165, 1.54) is 43.9 Å². The molecule has 0 fully saturated rings. The Labute approximate surface area is 263 Å². The van der Waals surface area contributed by atoms with E-state index in [0.717, 1.165) is 39.9 Å². The molecule has 2 aliphatic rings. The highest BCUT2D eigenvalue weighted by Gasteiger charge is 2.42. The number of hydrogen-bond donors (Lipinski definition) is 0. The van der Waals surface area contributed by atoms with Crippen LogP contribution >= 0.6 is 0 Å². The van der Waals surface area contributed by atoms with Crippen molar-refractivity contribution in [2.45, 2.75) is 26.2 Å². The Hall–Kier alpha value is -5.54. The van der Waals surface area contributed by atoms with E-state index in [1.807, 2.05) is 0 Å². The number of aryl methyl sites for hydroxylation is 1. The molecule has 0 unspecified atom stereocenters. The Balaban J connectivity index is 1.36. The van der Waals surface area contributed by atoms with Crippen molar-refractivity contribution >= 4 is 55.7 Å². The lowest BCUT2D eigenvalue weighted by atomic mass is 9.73. The summed E-state index contributed by atoms with van der Waals surface area (Å²) in [5, 5.41) is 4.85. The lowest BCUT2D eigenvalue weighted by Crippen LogP contribution is -2.33. The van der Waals surface area contributed by atoms with Crippen molar-refractivity contribution in [3.05, 3.63) is 156 Å². The standard InChI is InChI=1S/C42H32N2O/c1-27-12-10-21-38-40(27)44-37-19-9-8-18-34(37)42(2,3)35-25-32(26-39(45-38)41(35)44)43(31-23-22-28-13-4-5-15-30(28)24-31)36-20-11-16-29-14-6-7-17-33(29)36/h4-26H,1-3H3. The second-order valence-corrected chi connectivity index (χ2v) is 12.7. The van der Waals surface area contributed by atoms with Crippen molar-refractivity contribution in [3.63, 3.8) is 0 Å². The molecule has 0 aliphatic carbocycles. The average Bonchev–Trinajstić information content (AvgIpc) is 3.07. The van der Waals surface area contributed by atoms with E-state index >= 15 is 0 Å². The van der Waals surface area contributed by atoms with Crippen molar-refractivity contribution in [1.29, 1.82) is 0 Å². The molecule has 0 spiro atoms. The lowest BCUT2D eigenvalue weighted by molar-refractivity contribution is 0.471. The number of hydrogen-bond acceptors (Lipinski definition) is 3. The van der Waals surface area contributed by atoms with Gasteiger partial charge in [-0.1, -0.05) is 111 Å². The summed E-state index contributed by atoms with van der Waals surface area (Å²) in [5.74, 6) is 1.75. The highest BCUT2D eigenvalue weighted by molar-refractivity contribution is 6.02. The number of ether oxygens (including phenoxy) is 1. The summed E-state index contributed by atoms with van der Waals surface area (Å²) in [6.45, 7) is 6.86. The SMILES string of the molecule is Cc1cccc2c1N1c3ccccc3C(C)(C)c3cc(N(c4ccc5ccccc5c4)c4cccc5ccccc45)cc(c31)O2. The van der Waals surface area contributed by atoms with Crippen molar-refractivity contribution in [1.82, 2.24) is 0 Å². The first-order chi connectivity index (χ1) is 22.0. The average molecular weight is 581 g/mol. The van der Waals surface area contributed by atoms with Gasteiger partial charge < -0.3 is 14.5 Å². The minimum Gasteiger partial charge on any atom is -0.453 e. The molecule has 0 saturated carbocycles. The van der Waals surface area contributed by atoms with Gasteiger partial charge in [-0.2, -0.15) is 0 Å². The van der Waals surface area contributed by atoms with Gasteiger partial charge in [0.2, 0.25) is 0 Å². The van der Waals surface area contributed by atoms with Crippen LogP contribution in [0.25, 0.3) is 21.5 Å². The maximum atomic E-state index is 6.87. The van der Waals surface area contributed by atoms with E-state index in [9.17, 15) is 0 Å². The van der Waals surface area contributed by atoms with Crippen LogP contribution in [0.15, 0.2) is 140 Å². The number of fused-ring (bicyclic) bond motifs is 6. The van der Waals surface area contributed by atoms with E-state index in [0.29, 0.717) is 0 Å². The van der Waals surface area contributed by atoms with E-state index < -0.39 is 0 Å². The van der Waals surface area contributed by atoms with Crippen LogP contribution < -0.4 is 14.5 Å². The van der Waals surface area contributed by atoms with E-state index in [1.54, 1.807) is 0 Å². The minimum absolute atomic E-state index is 0.259. The Kier molecular flexibility index (Phi) is 5.46. The van der Waals surface area contributed by atoms with Gasteiger partial charge in [0.1, 0.15) is 0 Å². The van der Waals surface area contributed by atoms with Crippen LogP contribution in [0.3, 0.4) is 0 Å². The second-order valence-electron chi connectivity index (χ2n) is 12.7. The quantitative estimate of drug-likeness (QED) is 0.207. The van der Waals surface area contributed by atoms with Gasteiger partial charge in [0.05, 0.1) is 28.4 Å². The fraction of sp³-hybridized carbons (Fsp3) is 0.0952. The predicted molar refractivity (Wildman–Crippen MR) is 188 cm³/mol. The second kappa shape index (κ2) is 9.48. The monoisotopic (exact) mass is 580 g/mol. The summed E-state index contributed by atoms with van der Waals surface area (Å²) in [5.41, 5.74) is 10.2. The van der Waals surface area contributed by atoms with Crippen LogP contribution in [0.2, 0.25) is 0 Å². The van der Waals surface area contributed by atoms with Crippen LogP contribution in [0.4, 0.5) is 34.1 Å². The predicted octanol–water partition coefficient (Wildman–Crippen LogP) is 12.0. The van der Waals surface area contributed by atoms with Crippen LogP contribution in [-0.4, -0.2) is 0 Å². The molecule has 2 heterocycles. The fourth-order valence-corrected chi connectivity index (χ4v) is 7.47. The van der Waals surface area contributed by atoms with Crippen molar-refractivity contribution in [3.8, 4) is 11.5 Å². The summed E-state index contributed by atoms with van der Waals surface area (Å²) in [6, 6.07) is 50.4. The molecule has 0 bridgehead atoms. The Morgan fingerprint density at radius 2 is 1.29 bits per heavy atom. The zero-order chi connectivity index (χ0) is 30.3. The molecule has 0 amide bonds. The first-order valence-corrected chi connectivity index (χ1v) is 15.6. The van der Waals surface area contributed by atoms with Crippen molar-refractivity contribution in [2.24, 2.45) is 0 Å². The molecule has 2 aliphatic heterocycles. The molecule has 3 nitrogen and oxygen atoms in total. The zero-order valence-electron chi connectivity index (χ0n) is 25.6. The van der Waals surface area contributed by atoms with Crippen LogP contribution in [0.5, 0.6) is 11.5 Å². The van der Waals surface area contributed by atoms with Gasteiger partial charge in [-0.05, 0) is 76.2 Å². The number of rotatable bonds is 3. The third kappa shape index (κ3) is 3.77. The molecule has 216 valence electrons. The van der Waals surface area contributed by atoms with Gasteiger partial charge >= 0.3 is 0 Å². The van der Waals surface area contributed by atoms with Crippen LogP contribution in [0.1, 0.15) is 30.5 Å². The maximum Gasteiger partial charge on any atom is 0.153 e. The Morgan fingerprint density at radius 1 is 0.556 bits per heavy atom. The molecule has 3 heteroatoms. The summed E-state index contributed by atoms with van der Waals surface area (Å²) < 4.78 is 6.87. The lowest BCUT2D eigenvalue weighted by Gasteiger charge is -2.46. The normalized spacial score (nSPS) is 14.0. The molecule has 0 radical (unpaired) electrons. The summed E-state index contributed by atoms with van der Waals surface area (Å²) >= 11 is 0. The smallest absolute Gasteiger partial charge is 0.153 e. The van der Waals surface area contributed by atoms with Crippen LogP contribution in [0, 0.1) is 6.92 Å². The molecule has 9 rings (SSSR count). The third-order valence-corrected chi connectivity index (χ3v) is 9.68. The van der Waals surface area contributed by atoms with Crippen molar-refractivity contribution in [2.75, 3.05) is 9.80 Å². The molecule has 0 aromatic heterocycles. The van der Waals surface area contributed by atoms with Gasteiger partial charge in [-0.3, -0.25) is 0 Å². The number of nitrogens with zero attached hydrogens (tertiary/aromatic N) is 2. The van der Waals surface area contributed by atoms with E-state index in [4.69, 9.17) is 4.74 Å². The van der Waals surface area contributed by atoms with Crippen molar-refractivity contribution < 1.29 is 4.74 Å². The maximum absolute atomic E-state index is 6.87. The molecule has 0 atom stereocenters. The minimum atomic E-state index is -0.259. The van der Waals surface area contributed by atoms with E-state index in [2.05, 4.69) is 170 Å². The number of para-hydroxylation sites is 2. The molecule has 45 heavy (non-hydrogen) atoms. The molecule has 0 N–H and O–H groups in total. The fourth-order valence-electron chi connectivity index (χ4n) is 7.47. The van der Waals surface area contributed by atoms with Gasteiger partial charge in [-0.15, -0.1) is 0 Å². The largest absolute Gasteiger partial charge is 0.453 e. The topological polar surface area (TPSA) is 15.7 Å². The van der Waals surface area contributed by atoms with Gasteiger partial charge in [0.15, 0.2) is 11.5 Å². The number of benzene rings is 7.